The Labute approximate surface area is 170 Å². The molecule has 1 heterocycles. The number of nitrogens with one attached hydrogen (secondary N) is 2. The fraction of sp³-hybridized carbons (Fsp3) is 0.950. The SMILES string of the molecule is CCN=C(NC1CCN(S(=O)(=O)CC)CC1)NC1CC(OCC)C12CCCC2. The van der Waals surface area contributed by atoms with Gasteiger partial charge in [-0.15, -0.1) is 0 Å². The summed E-state index contributed by atoms with van der Waals surface area (Å²) in [5.74, 6) is 1.06. The summed E-state index contributed by atoms with van der Waals surface area (Å²) >= 11 is 0. The van der Waals surface area contributed by atoms with E-state index in [1.165, 1.54) is 25.7 Å². The second-order valence-electron chi connectivity index (χ2n) is 8.36. The molecule has 0 aromatic carbocycles. The molecule has 2 aliphatic carbocycles. The molecule has 0 bridgehead atoms. The van der Waals surface area contributed by atoms with Gasteiger partial charge in [0, 0.05) is 43.7 Å². The van der Waals surface area contributed by atoms with E-state index >= 15 is 0 Å². The van der Waals surface area contributed by atoms with Gasteiger partial charge in [-0.3, -0.25) is 4.99 Å². The van der Waals surface area contributed by atoms with Gasteiger partial charge in [0.1, 0.15) is 0 Å². The minimum absolute atomic E-state index is 0.181. The second kappa shape index (κ2) is 9.30. The highest BCUT2D eigenvalue weighted by molar-refractivity contribution is 7.89. The Morgan fingerprint density at radius 2 is 1.82 bits per heavy atom. The number of guanidine groups is 1. The van der Waals surface area contributed by atoms with Crippen LogP contribution >= 0.6 is 0 Å². The molecule has 0 aromatic rings. The van der Waals surface area contributed by atoms with E-state index < -0.39 is 10.0 Å². The van der Waals surface area contributed by atoms with E-state index in [1.54, 1.807) is 11.2 Å². The highest BCUT2D eigenvalue weighted by atomic mass is 32.2. The normalized spacial score (nSPS) is 29.0. The number of hydrogen-bond donors (Lipinski definition) is 2. The molecule has 28 heavy (non-hydrogen) atoms. The summed E-state index contributed by atoms with van der Waals surface area (Å²) in [6, 6.07) is 0.688. The molecule has 2 saturated carbocycles. The third-order valence-corrected chi connectivity index (χ3v) is 8.75. The lowest BCUT2D eigenvalue weighted by molar-refractivity contribution is -0.125. The van der Waals surface area contributed by atoms with E-state index in [-0.39, 0.29) is 17.2 Å². The van der Waals surface area contributed by atoms with Gasteiger partial charge in [-0.2, -0.15) is 0 Å². The summed E-state index contributed by atoms with van der Waals surface area (Å²) in [5, 5.41) is 7.28. The molecule has 2 N–H and O–H groups in total. The fourth-order valence-electron chi connectivity index (χ4n) is 5.20. The molecule has 0 radical (unpaired) electrons. The highest BCUT2D eigenvalue weighted by Gasteiger charge is 2.57. The second-order valence-corrected chi connectivity index (χ2v) is 10.6. The Morgan fingerprint density at radius 3 is 2.39 bits per heavy atom. The van der Waals surface area contributed by atoms with E-state index in [1.807, 2.05) is 0 Å². The molecule has 1 saturated heterocycles. The Morgan fingerprint density at radius 1 is 1.14 bits per heavy atom. The first-order chi connectivity index (χ1) is 13.4. The summed E-state index contributed by atoms with van der Waals surface area (Å²) in [6.07, 6.45) is 8.12. The van der Waals surface area contributed by atoms with Gasteiger partial charge in [-0.25, -0.2) is 12.7 Å². The van der Waals surface area contributed by atoms with Gasteiger partial charge in [0.25, 0.3) is 0 Å². The van der Waals surface area contributed by atoms with Crippen molar-refractivity contribution in [3.63, 3.8) is 0 Å². The van der Waals surface area contributed by atoms with Crippen LogP contribution in [0.4, 0.5) is 0 Å². The van der Waals surface area contributed by atoms with E-state index in [9.17, 15) is 8.42 Å². The van der Waals surface area contributed by atoms with Crippen LogP contribution in [0.1, 0.15) is 65.7 Å². The number of sulfonamides is 1. The predicted octanol–water partition coefficient (Wildman–Crippen LogP) is 2.09. The Hall–Kier alpha value is -0.860. The average molecular weight is 415 g/mol. The minimum Gasteiger partial charge on any atom is -0.378 e. The summed E-state index contributed by atoms with van der Waals surface area (Å²) in [5.41, 5.74) is 0.269. The molecular weight excluding hydrogens is 376 g/mol. The molecule has 2 atom stereocenters. The van der Waals surface area contributed by atoms with Crippen molar-refractivity contribution in [1.29, 1.82) is 0 Å². The summed E-state index contributed by atoms with van der Waals surface area (Å²) in [4.78, 5) is 4.67. The third kappa shape index (κ3) is 4.49. The first-order valence-electron chi connectivity index (χ1n) is 11.1. The van der Waals surface area contributed by atoms with Gasteiger partial charge < -0.3 is 15.4 Å². The van der Waals surface area contributed by atoms with Crippen LogP contribution in [-0.2, 0) is 14.8 Å². The molecule has 1 aliphatic heterocycles. The highest BCUT2D eigenvalue weighted by Crippen LogP contribution is 2.54. The van der Waals surface area contributed by atoms with Crippen LogP contribution in [0.5, 0.6) is 0 Å². The zero-order valence-corrected chi connectivity index (χ0v) is 18.6. The van der Waals surface area contributed by atoms with Crippen molar-refractivity contribution < 1.29 is 13.2 Å². The van der Waals surface area contributed by atoms with Gasteiger partial charge in [0.15, 0.2) is 5.96 Å². The van der Waals surface area contributed by atoms with E-state index in [4.69, 9.17) is 4.74 Å². The molecule has 8 heteroatoms. The number of piperidine rings is 1. The quantitative estimate of drug-likeness (QED) is 0.492. The number of ether oxygens (including phenoxy) is 1. The lowest BCUT2D eigenvalue weighted by Crippen LogP contribution is -2.65. The van der Waals surface area contributed by atoms with Crippen molar-refractivity contribution in [2.75, 3.05) is 32.0 Å². The van der Waals surface area contributed by atoms with Gasteiger partial charge in [0.05, 0.1) is 11.9 Å². The smallest absolute Gasteiger partial charge is 0.213 e. The van der Waals surface area contributed by atoms with Gasteiger partial charge in [-0.1, -0.05) is 12.8 Å². The van der Waals surface area contributed by atoms with Crippen molar-refractivity contribution >= 4 is 16.0 Å². The van der Waals surface area contributed by atoms with E-state index in [0.717, 1.165) is 38.4 Å². The maximum atomic E-state index is 12.1. The summed E-state index contributed by atoms with van der Waals surface area (Å²) in [6.45, 7) is 8.54. The maximum Gasteiger partial charge on any atom is 0.213 e. The van der Waals surface area contributed by atoms with Crippen molar-refractivity contribution in [2.45, 2.75) is 83.9 Å². The summed E-state index contributed by atoms with van der Waals surface area (Å²) in [7, 11) is -3.08. The van der Waals surface area contributed by atoms with E-state index in [0.29, 0.717) is 25.2 Å². The van der Waals surface area contributed by atoms with Crippen molar-refractivity contribution in [1.82, 2.24) is 14.9 Å². The molecule has 0 aromatic heterocycles. The monoisotopic (exact) mass is 414 g/mol. The number of rotatable bonds is 7. The maximum absolute atomic E-state index is 12.1. The van der Waals surface area contributed by atoms with E-state index in [2.05, 4.69) is 29.5 Å². The standard InChI is InChI=1S/C20H38N4O3S/c1-4-21-19(22-16-9-13-24(14-10-16)28(25,26)6-3)23-17-15-18(27-5-2)20(17)11-7-8-12-20/h16-18H,4-15H2,1-3H3,(H2,21,22,23). The van der Waals surface area contributed by atoms with Crippen LogP contribution in [0.2, 0.25) is 0 Å². The van der Waals surface area contributed by atoms with Crippen LogP contribution in [0.15, 0.2) is 4.99 Å². The van der Waals surface area contributed by atoms with Gasteiger partial charge in [-0.05, 0) is 52.9 Å². The van der Waals surface area contributed by atoms with Crippen LogP contribution in [-0.4, -0.2) is 68.9 Å². The Bertz CT molecular complexity index is 638. The fourth-order valence-corrected chi connectivity index (χ4v) is 6.33. The number of nitrogens with zero attached hydrogens (tertiary/aromatic N) is 2. The average Bonchev–Trinajstić information content (AvgIpc) is 3.21. The predicted molar refractivity (Wildman–Crippen MR) is 113 cm³/mol. The largest absolute Gasteiger partial charge is 0.378 e. The molecule has 3 fully saturated rings. The molecule has 3 rings (SSSR count). The van der Waals surface area contributed by atoms with Crippen molar-refractivity contribution in [3.8, 4) is 0 Å². The lowest BCUT2D eigenvalue weighted by atomic mass is 9.60. The summed E-state index contributed by atoms with van der Waals surface area (Å²) < 4.78 is 31.8. The first-order valence-corrected chi connectivity index (χ1v) is 12.7. The van der Waals surface area contributed by atoms with Crippen molar-refractivity contribution in [2.24, 2.45) is 10.4 Å². The Balaban J connectivity index is 1.56. The molecule has 0 amide bonds. The van der Waals surface area contributed by atoms with Crippen LogP contribution in [0, 0.1) is 5.41 Å². The molecule has 162 valence electrons. The molecule has 2 unspecified atom stereocenters. The topological polar surface area (TPSA) is 83.0 Å². The molecule has 1 spiro atoms. The molecule has 3 aliphatic rings. The zero-order chi connectivity index (χ0) is 20.2. The van der Waals surface area contributed by atoms with Gasteiger partial charge in [0.2, 0.25) is 10.0 Å². The molecular formula is C20H38N4O3S. The Kier molecular flexibility index (Phi) is 7.26. The third-order valence-electron chi connectivity index (χ3n) is 6.87. The minimum atomic E-state index is -3.08. The number of hydrogen-bond acceptors (Lipinski definition) is 4. The van der Waals surface area contributed by atoms with Crippen LogP contribution in [0.3, 0.4) is 0 Å². The number of aliphatic imine (C=N–C) groups is 1. The lowest BCUT2D eigenvalue weighted by Gasteiger charge is -2.54. The first kappa shape index (κ1) is 21.8. The van der Waals surface area contributed by atoms with Crippen LogP contribution < -0.4 is 10.6 Å². The van der Waals surface area contributed by atoms with Crippen molar-refractivity contribution in [3.05, 3.63) is 0 Å². The zero-order valence-electron chi connectivity index (χ0n) is 17.7. The van der Waals surface area contributed by atoms with Gasteiger partial charge >= 0.3 is 0 Å². The molecule has 7 nitrogen and oxygen atoms in total. The van der Waals surface area contributed by atoms with Crippen LogP contribution in [0.25, 0.3) is 0 Å².